The number of Topliss-reactive ketones (excluding diaryl/α,β-unsaturated/α-hetero) is 1. The molecule has 0 spiro atoms. The molecule has 130 valence electrons. The number of carbonyl (C=O) groups excluding carboxylic acids is 1. The first-order chi connectivity index (χ1) is 11.9. The van der Waals surface area contributed by atoms with Gasteiger partial charge in [-0.2, -0.15) is 4.31 Å². The summed E-state index contributed by atoms with van der Waals surface area (Å²) in [4.78, 5) is 22.1. The zero-order valence-electron chi connectivity index (χ0n) is 13.2. The molecule has 2 aromatic carbocycles. The zero-order valence-corrected chi connectivity index (χ0v) is 14.1. The monoisotopic (exact) mass is 360 g/mol. The highest BCUT2D eigenvalue weighted by atomic mass is 32.2. The van der Waals surface area contributed by atoms with Crippen LogP contribution in [0.1, 0.15) is 17.9 Å². The molecule has 0 N–H and O–H groups in total. The number of nitro benzene ring substituents is 1. The molecule has 1 aliphatic heterocycles. The number of hydrogen-bond acceptors (Lipinski definition) is 5. The Morgan fingerprint density at radius 1 is 1.04 bits per heavy atom. The molecule has 1 fully saturated rings. The molecular formula is C17H16N2O5S. The van der Waals surface area contributed by atoms with Gasteiger partial charge in [0.1, 0.15) is 5.78 Å². The summed E-state index contributed by atoms with van der Waals surface area (Å²) in [6, 6.07) is 14.0. The van der Waals surface area contributed by atoms with Crippen LogP contribution in [-0.4, -0.2) is 36.5 Å². The van der Waals surface area contributed by atoms with Crippen LogP contribution >= 0.6 is 0 Å². The Hall–Kier alpha value is -2.58. The Kier molecular flexibility index (Phi) is 4.65. The maximum Gasteiger partial charge on any atom is 0.269 e. The number of non-ortho nitro benzene ring substituents is 1. The highest BCUT2D eigenvalue weighted by Crippen LogP contribution is 2.29. The quantitative estimate of drug-likeness (QED) is 0.616. The molecule has 0 aliphatic carbocycles. The van der Waals surface area contributed by atoms with Crippen molar-refractivity contribution < 1.29 is 18.1 Å². The van der Waals surface area contributed by atoms with E-state index in [0.717, 1.165) is 22.0 Å². The number of carbonyl (C=O) groups is 1. The molecule has 25 heavy (non-hydrogen) atoms. The van der Waals surface area contributed by atoms with E-state index in [1.54, 1.807) is 0 Å². The molecule has 0 saturated carbocycles. The molecule has 0 amide bonds. The van der Waals surface area contributed by atoms with Crippen LogP contribution in [0.2, 0.25) is 0 Å². The van der Waals surface area contributed by atoms with Gasteiger partial charge in [-0.3, -0.25) is 14.9 Å². The molecule has 1 unspecified atom stereocenters. The van der Waals surface area contributed by atoms with Crippen LogP contribution in [0, 0.1) is 10.1 Å². The number of nitro groups is 1. The lowest BCUT2D eigenvalue weighted by atomic mass is 9.91. The van der Waals surface area contributed by atoms with E-state index in [1.807, 2.05) is 30.3 Å². The smallest absolute Gasteiger partial charge is 0.269 e. The molecule has 7 nitrogen and oxygen atoms in total. The summed E-state index contributed by atoms with van der Waals surface area (Å²) in [5.74, 6) is -0.346. The van der Waals surface area contributed by atoms with Crippen LogP contribution in [-0.2, 0) is 14.8 Å². The molecule has 1 atom stereocenters. The van der Waals surface area contributed by atoms with E-state index in [9.17, 15) is 23.3 Å². The van der Waals surface area contributed by atoms with Crippen molar-refractivity contribution in [2.24, 2.45) is 0 Å². The van der Waals surface area contributed by atoms with Gasteiger partial charge >= 0.3 is 0 Å². The molecule has 2 aromatic rings. The Morgan fingerprint density at radius 2 is 1.68 bits per heavy atom. The van der Waals surface area contributed by atoms with Gasteiger partial charge in [-0.15, -0.1) is 0 Å². The summed E-state index contributed by atoms with van der Waals surface area (Å²) >= 11 is 0. The van der Waals surface area contributed by atoms with Crippen LogP contribution in [0.3, 0.4) is 0 Å². The fourth-order valence-corrected chi connectivity index (χ4v) is 4.40. The van der Waals surface area contributed by atoms with E-state index in [0.29, 0.717) is 6.42 Å². The zero-order chi connectivity index (χ0) is 18.0. The number of hydrogen-bond donors (Lipinski definition) is 0. The molecule has 1 saturated heterocycles. The Morgan fingerprint density at radius 3 is 2.28 bits per heavy atom. The first-order valence-electron chi connectivity index (χ1n) is 7.69. The number of ketones is 1. The number of benzene rings is 2. The van der Waals surface area contributed by atoms with E-state index in [-0.39, 0.29) is 35.4 Å². The van der Waals surface area contributed by atoms with Gasteiger partial charge in [0.25, 0.3) is 5.69 Å². The summed E-state index contributed by atoms with van der Waals surface area (Å²) < 4.78 is 26.7. The van der Waals surface area contributed by atoms with Crippen molar-refractivity contribution in [3.8, 4) is 0 Å². The molecule has 1 heterocycles. The number of nitrogens with zero attached hydrogens (tertiary/aromatic N) is 2. The molecule has 1 aliphatic rings. The largest absolute Gasteiger partial charge is 0.298 e. The molecule has 0 radical (unpaired) electrons. The van der Waals surface area contributed by atoms with Gasteiger partial charge in [-0.25, -0.2) is 8.42 Å². The van der Waals surface area contributed by atoms with Crippen molar-refractivity contribution in [1.82, 2.24) is 4.31 Å². The van der Waals surface area contributed by atoms with Crippen molar-refractivity contribution in [3.63, 3.8) is 0 Å². The summed E-state index contributed by atoms with van der Waals surface area (Å²) in [6.07, 6.45) is 0.302. The van der Waals surface area contributed by atoms with Gasteiger partial charge in [-0.05, 0) is 17.7 Å². The maximum atomic E-state index is 12.8. The van der Waals surface area contributed by atoms with Crippen LogP contribution in [0.5, 0.6) is 0 Å². The van der Waals surface area contributed by atoms with Gasteiger partial charge in [0, 0.05) is 31.0 Å². The summed E-state index contributed by atoms with van der Waals surface area (Å²) in [5.41, 5.74) is 0.732. The maximum absolute atomic E-state index is 12.8. The van der Waals surface area contributed by atoms with Crippen LogP contribution < -0.4 is 0 Å². The lowest BCUT2D eigenvalue weighted by Crippen LogP contribution is -2.43. The fraction of sp³-hybridized carbons (Fsp3) is 0.235. The average molecular weight is 360 g/mol. The average Bonchev–Trinajstić information content (AvgIpc) is 2.62. The highest BCUT2D eigenvalue weighted by molar-refractivity contribution is 7.89. The van der Waals surface area contributed by atoms with E-state index < -0.39 is 14.9 Å². The predicted octanol–water partition coefficient (Wildman–Crippen LogP) is 2.34. The SMILES string of the molecule is O=C1CC(c2ccccc2)CN(S(=O)(=O)c2ccc([N+](=O)[O-])cc2)C1. The number of rotatable bonds is 4. The molecule has 0 bridgehead atoms. The molecule has 0 aromatic heterocycles. The number of piperidine rings is 1. The molecule has 8 heteroatoms. The Bertz CT molecular complexity index is 894. The Labute approximate surface area is 145 Å². The first kappa shape index (κ1) is 17.2. The second kappa shape index (κ2) is 6.73. The van der Waals surface area contributed by atoms with Gasteiger partial charge in [-0.1, -0.05) is 30.3 Å². The number of sulfonamides is 1. The second-order valence-electron chi connectivity index (χ2n) is 5.90. The van der Waals surface area contributed by atoms with E-state index in [1.165, 1.54) is 12.1 Å². The summed E-state index contributed by atoms with van der Waals surface area (Å²) in [7, 11) is -3.89. The third kappa shape index (κ3) is 3.59. The van der Waals surface area contributed by atoms with E-state index in [2.05, 4.69) is 0 Å². The minimum absolute atomic E-state index is 0.0559. The Balaban J connectivity index is 1.88. The standard InChI is InChI=1S/C17H16N2O5S/c20-16-10-14(13-4-2-1-3-5-13)11-18(12-16)25(23,24)17-8-6-15(7-9-17)19(21)22/h1-9,14H,10-12H2. The third-order valence-corrected chi connectivity index (χ3v) is 6.03. The summed E-state index contributed by atoms with van der Waals surface area (Å²) in [6.45, 7) is 0.0255. The van der Waals surface area contributed by atoms with Crippen LogP contribution in [0.25, 0.3) is 0 Å². The van der Waals surface area contributed by atoms with Gasteiger partial charge < -0.3 is 0 Å². The van der Waals surface area contributed by atoms with Crippen LogP contribution in [0.15, 0.2) is 59.5 Å². The van der Waals surface area contributed by atoms with Crippen molar-refractivity contribution in [3.05, 3.63) is 70.3 Å². The van der Waals surface area contributed by atoms with E-state index >= 15 is 0 Å². The van der Waals surface area contributed by atoms with Crippen molar-refractivity contribution in [2.45, 2.75) is 17.2 Å². The van der Waals surface area contributed by atoms with Crippen LogP contribution in [0.4, 0.5) is 5.69 Å². The topological polar surface area (TPSA) is 97.6 Å². The van der Waals surface area contributed by atoms with Crippen molar-refractivity contribution >= 4 is 21.5 Å². The fourth-order valence-electron chi connectivity index (χ4n) is 2.93. The third-order valence-electron chi connectivity index (χ3n) is 4.21. The minimum Gasteiger partial charge on any atom is -0.298 e. The van der Waals surface area contributed by atoms with E-state index in [4.69, 9.17) is 0 Å². The van der Waals surface area contributed by atoms with Crippen molar-refractivity contribution in [1.29, 1.82) is 0 Å². The molecule has 3 rings (SSSR count). The van der Waals surface area contributed by atoms with Gasteiger partial charge in [0.05, 0.1) is 16.4 Å². The summed E-state index contributed by atoms with van der Waals surface area (Å²) in [5, 5.41) is 10.7. The minimum atomic E-state index is -3.89. The van der Waals surface area contributed by atoms with Gasteiger partial charge in [0.15, 0.2) is 0 Å². The molecular weight excluding hydrogens is 344 g/mol. The highest BCUT2D eigenvalue weighted by Gasteiger charge is 2.34. The lowest BCUT2D eigenvalue weighted by molar-refractivity contribution is -0.384. The van der Waals surface area contributed by atoms with Gasteiger partial charge in [0.2, 0.25) is 10.0 Å². The first-order valence-corrected chi connectivity index (χ1v) is 9.13. The second-order valence-corrected chi connectivity index (χ2v) is 7.84. The normalized spacial score (nSPS) is 18.9. The predicted molar refractivity (Wildman–Crippen MR) is 90.7 cm³/mol. The van der Waals surface area contributed by atoms with Crippen molar-refractivity contribution in [2.75, 3.05) is 13.1 Å². The lowest BCUT2D eigenvalue weighted by Gasteiger charge is -2.31.